The van der Waals surface area contributed by atoms with Crippen molar-refractivity contribution in [2.75, 3.05) is 6.61 Å². The lowest BCUT2D eigenvalue weighted by atomic mass is 10.1. The van der Waals surface area contributed by atoms with Gasteiger partial charge in [0.25, 0.3) is 0 Å². The Morgan fingerprint density at radius 2 is 1.16 bits per heavy atom. The molecular weight excluding hydrogens is 400 g/mol. The monoisotopic (exact) mass is 432 g/mol. The summed E-state index contributed by atoms with van der Waals surface area (Å²) in [5.74, 6) is 0. The fourth-order valence-electron chi connectivity index (χ4n) is 3.37. The predicted octanol–water partition coefficient (Wildman–Crippen LogP) is 5.31. The van der Waals surface area contributed by atoms with E-state index in [0.29, 0.717) is 19.8 Å². The zero-order valence-corrected chi connectivity index (χ0v) is 18.5. The van der Waals surface area contributed by atoms with Crippen molar-refractivity contribution in [3.05, 3.63) is 120 Å². The molecule has 0 saturated carbocycles. The van der Waals surface area contributed by atoms with Gasteiger partial charge in [0.1, 0.15) is 18.3 Å². The second-order valence-electron chi connectivity index (χ2n) is 7.62. The van der Waals surface area contributed by atoms with Gasteiger partial charge in [-0.3, -0.25) is 0 Å². The molecule has 1 N–H and O–H groups in total. The highest BCUT2D eigenvalue weighted by Crippen LogP contribution is 2.17. The summed E-state index contributed by atoms with van der Waals surface area (Å²) in [6.07, 6.45) is 2.01. The van der Waals surface area contributed by atoms with Crippen molar-refractivity contribution in [1.82, 2.24) is 0 Å². The molecule has 0 radical (unpaired) electrons. The summed E-state index contributed by atoms with van der Waals surface area (Å²) in [7, 11) is 0. The SMILES string of the molecule is C/C=C/[C@H](OCc1ccccc1)[C@H](OCc1ccccc1)[C@H](O)COCc1ccccc1. The van der Waals surface area contributed by atoms with E-state index in [1.807, 2.05) is 110 Å². The van der Waals surface area contributed by atoms with Crippen molar-refractivity contribution in [3.63, 3.8) is 0 Å². The van der Waals surface area contributed by atoms with Gasteiger partial charge in [0.2, 0.25) is 0 Å². The molecule has 3 atom stereocenters. The highest BCUT2D eigenvalue weighted by molar-refractivity contribution is 5.15. The van der Waals surface area contributed by atoms with Gasteiger partial charge in [-0.25, -0.2) is 0 Å². The first-order valence-corrected chi connectivity index (χ1v) is 11.0. The van der Waals surface area contributed by atoms with E-state index in [2.05, 4.69) is 0 Å². The maximum Gasteiger partial charge on any atom is 0.116 e. The van der Waals surface area contributed by atoms with Gasteiger partial charge >= 0.3 is 0 Å². The molecule has 0 saturated heterocycles. The predicted molar refractivity (Wildman–Crippen MR) is 127 cm³/mol. The second-order valence-corrected chi connectivity index (χ2v) is 7.62. The molecule has 0 heterocycles. The van der Waals surface area contributed by atoms with Crippen molar-refractivity contribution >= 4 is 0 Å². The Morgan fingerprint density at radius 1 is 0.688 bits per heavy atom. The first kappa shape index (κ1) is 23.9. The number of ether oxygens (including phenoxy) is 3. The summed E-state index contributed by atoms with van der Waals surface area (Å²) >= 11 is 0. The molecule has 3 aromatic carbocycles. The molecule has 0 aromatic heterocycles. The maximum absolute atomic E-state index is 11.0. The topological polar surface area (TPSA) is 47.9 Å². The van der Waals surface area contributed by atoms with Crippen LogP contribution >= 0.6 is 0 Å². The van der Waals surface area contributed by atoms with Gasteiger partial charge in [-0.05, 0) is 23.6 Å². The molecule has 3 aromatic rings. The van der Waals surface area contributed by atoms with E-state index in [-0.39, 0.29) is 6.61 Å². The van der Waals surface area contributed by atoms with Crippen LogP contribution in [0.15, 0.2) is 103 Å². The molecule has 4 heteroatoms. The Bertz CT molecular complexity index is 896. The Morgan fingerprint density at radius 3 is 1.66 bits per heavy atom. The Balaban J connectivity index is 1.66. The minimum absolute atomic E-state index is 0.150. The van der Waals surface area contributed by atoms with E-state index in [4.69, 9.17) is 14.2 Å². The van der Waals surface area contributed by atoms with Crippen molar-refractivity contribution in [3.8, 4) is 0 Å². The standard InChI is InChI=1S/C28H32O4/c1-2-12-27(31-20-24-15-8-4-9-16-24)28(32-21-25-17-10-5-11-18-25)26(29)22-30-19-23-13-6-3-7-14-23/h2-18,26-29H,19-22H2,1H3/b12-2+/t26-,27+,28-/m1/s1. The largest absolute Gasteiger partial charge is 0.388 e. The number of aliphatic hydroxyl groups excluding tert-OH is 1. The zero-order valence-electron chi connectivity index (χ0n) is 18.5. The Labute approximate surface area is 191 Å². The van der Waals surface area contributed by atoms with Crippen LogP contribution < -0.4 is 0 Å². The van der Waals surface area contributed by atoms with Crippen LogP contribution in [0.2, 0.25) is 0 Å². The van der Waals surface area contributed by atoms with E-state index in [9.17, 15) is 5.11 Å². The van der Waals surface area contributed by atoms with Gasteiger partial charge < -0.3 is 19.3 Å². The molecule has 0 bridgehead atoms. The molecule has 168 valence electrons. The van der Waals surface area contributed by atoms with Gasteiger partial charge in [-0.1, -0.05) is 103 Å². The summed E-state index contributed by atoms with van der Waals surface area (Å²) in [5.41, 5.74) is 3.17. The lowest BCUT2D eigenvalue weighted by molar-refractivity contribution is -0.133. The van der Waals surface area contributed by atoms with Gasteiger partial charge in [-0.15, -0.1) is 0 Å². The smallest absolute Gasteiger partial charge is 0.116 e. The van der Waals surface area contributed by atoms with E-state index in [1.165, 1.54) is 0 Å². The summed E-state index contributed by atoms with van der Waals surface area (Å²) in [5, 5.41) is 11.0. The minimum Gasteiger partial charge on any atom is -0.388 e. The molecule has 0 aliphatic rings. The molecule has 3 rings (SSSR count). The van der Waals surface area contributed by atoms with Crippen LogP contribution in [-0.2, 0) is 34.0 Å². The van der Waals surface area contributed by atoms with Crippen LogP contribution in [0.4, 0.5) is 0 Å². The number of hydrogen-bond acceptors (Lipinski definition) is 4. The minimum atomic E-state index is -0.848. The van der Waals surface area contributed by atoms with Gasteiger partial charge in [0.15, 0.2) is 0 Å². The average Bonchev–Trinajstić information content (AvgIpc) is 2.84. The summed E-state index contributed by atoms with van der Waals surface area (Å²) < 4.78 is 18.2. The highest BCUT2D eigenvalue weighted by atomic mass is 16.6. The number of rotatable bonds is 13. The van der Waals surface area contributed by atoms with E-state index < -0.39 is 18.3 Å². The van der Waals surface area contributed by atoms with Crippen molar-refractivity contribution < 1.29 is 19.3 Å². The molecule has 0 spiro atoms. The molecule has 0 unspecified atom stereocenters. The zero-order chi connectivity index (χ0) is 22.4. The third kappa shape index (κ3) is 8.06. The van der Waals surface area contributed by atoms with Gasteiger partial charge in [0, 0.05) is 0 Å². The van der Waals surface area contributed by atoms with Crippen LogP contribution in [0.3, 0.4) is 0 Å². The second kappa shape index (κ2) is 13.6. The number of aliphatic hydroxyl groups is 1. The van der Waals surface area contributed by atoms with Crippen LogP contribution in [0, 0.1) is 0 Å². The van der Waals surface area contributed by atoms with Gasteiger partial charge in [0.05, 0.1) is 26.4 Å². The summed E-state index contributed by atoms with van der Waals surface area (Å²) in [6.45, 7) is 3.33. The van der Waals surface area contributed by atoms with Gasteiger partial charge in [-0.2, -0.15) is 0 Å². The molecule has 0 aliphatic carbocycles. The quantitative estimate of drug-likeness (QED) is 0.372. The first-order valence-electron chi connectivity index (χ1n) is 11.0. The number of hydrogen-bond donors (Lipinski definition) is 1. The highest BCUT2D eigenvalue weighted by Gasteiger charge is 2.29. The fourth-order valence-corrected chi connectivity index (χ4v) is 3.37. The third-order valence-electron chi connectivity index (χ3n) is 5.06. The van der Waals surface area contributed by atoms with E-state index in [0.717, 1.165) is 16.7 Å². The number of benzene rings is 3. The van der Waals surface area contributed by atoms with Crippen LogP contribution in [0.5, 0.6) is 0 Å². The summed E-state index contributed by atoms with van der Waals surface area (Å²) in [4.78, 5) is 0. The average molecular weight is 433 g/mol. The summed E-state index contributed by atoms with van der Waals surface area (Å²) in [6, 6.07) is 29.8. The maximum atomic E-state index is 11.0. The normalized spacial score (nSPS) is 14.3. The van der Waals surface area contributed by atoms with Crippen LogP contribution in [-0.4, -0.2) is 30.0 Å². The van der Waals surface area contributed by atoms with Crippen molar-refractivity contribution in [2.24, 2.45) is 0 Å². The molecule has 0 fully saturated rings. The fraction of sp³-hybridized carbons (Fsp3) is 0.286. The Kier molecular flexibility index (Phi) is 10.2. The molecule has 0 aliphatic heterocycles. The van der Waals surface area contributed by atoms with Crippen LogP contribution in [0.1, 0.15) is 23.6 Å². The van der Waals surface area contributed by atoms with Crippen LogP contribution in [0.25, 0.3) is 0 Å². The Hall–Kier alpha value is -2.76. The number of allylic oxidation sites excluding steroid dienone is 1. The van der Waals surface area contributed by atoms with E-state index in [1.54, 1.807) is 0 Å². The van der Waals surface area contributed by atoms with Crippen molar-refractivity contribution in [2.45, 2.75) is 45.1 Å². The first-order chi connectivity index (χ1) is 15.8. The molecule has 32 heavy (non-hydrogen) atoms. The van der Waals surface area contributed by atoms with Crippen molar-refractivity contribution in [1.29, 1.82) is 0 Å². The lowest BCUT2D eigenvalue weighted by Gasteiger charge is -2.29. The molecule has 0 amide bonds. The third-order valence-corrected chi connectivity index (χ3v) is 5.06. The molecular formula is C28H32O4. The lowest BCUT2D eigenvalue weighted by Crippen LogP contribution is -2.42. The molecule has 4 nitrogen and oxygen atoms in total. The van der Waals surface area contributed by atoms with E-state index >= 15 is 0 Å².